The quantitative estimate of drug-likeness (QED) is 0.688. The maximum atomic E-state index is 11.6. The van der Waals surface area contributed by atoms with E-state index < -0.39 is 0 Å². The first-order valence-corrected chi connectivity index (χ1v) is 5.95. The van der Waals surface area contributed by atoms with Crippen molar-refractivity contribution in [2.24, 2.45) is 0 Å². The van der Waals surface area contributed by atoms with E-state index in [2.05, 4.69) is 26.2 Å². The summed E-state index contributed by atoms with van der Waals surface area (Å²) in [6, 6.07) is 2.04. The number of carbonyl (C=O) groups is 1. The lowest BCUT2D eigenvalue weighted by molar-refractivity contribution is 0.0985. The molecule has 14 heavy (non-hydrogen) atoms. The molecule has 1 nitrogen and oxygen atoms in total. The number of carbonyl (C=O) groups excluding carboxylic acids is 1. The number of Topliss-reactive ketones (excluding diaryl/α,β-unsaturated/α-hetero) is 1. The van der Waals surface area contributed by atoms with Crippen LogP contribution in [-0.2, 0) is 5.41 Å². The highest BCUT2D eigenvalue weighted by molar-refractivity contribution is 7.12. The van der Waals surface area contributed by atoms with Crippen LogP contribution < -0.4 is 0 Å². The number of hydrogen-bond donors (Lipinski definition) is 0. The third kappa shape index (κ3) is 2.68. The van der Waals surface area contributed by atoms with Crippen molar-refractivity contribution in [3.63, 3.8) is 0 Å². The molecule has 1 rings (SSSR count). The normalized spacial score (nSPS) is 11.7. The number of rotatable bonds is 3. The highest BCUT2D eigenvalue weighted by Crippen LogP contribution is 2.27. The Morgan fingerprint density at radius 1 is 1.43 bits per heavy atom. The van der Waals surface area contributed by atoms with Gasteiger partial charge in [0.05, 0.1) is 4.88 Å². The summed E-state index contributed by atoms with van der Waals surface area (Å²) in [6.45, 7) is 8.55. The Labute approximate surface area is 90.2 Å². The lowest BCUT2D eigenvalue weighted by Gasteiger charge is -2.15. The van der Waals surface area contributed by atoms with Gasteiger partial charge in [-0.1, -0.05) is 27.7 Å². The van der Waals surface area contributed by atoms with E-state index in [4.69, 9.17) is 0 Å². The predicted molar refractivity (Wildman–Crippen MR) is 62.3 cm³/mol. The monoisotopic (exact) mass is 210 g/mol. The molecule has 0 spiro atoms. The van der Waals surface area contributed by atoms with Crippen molar-refractivity contribution >= 4 is 17.1 Å². The first-order valence-electron chi connectivity index (χ1n) is 5.07. The zero-order valence-electron chi connectivity index (χ0n) is 9.39. The van der Waals surface area contributed by atoms with Crippen molar-refractivity contribution in [2.45, 2.75) is 46.0 Å². The van der Waals surface area contributed by atoms with Crippen LogP contribution in [0.15, 0.2) is 11.4 Å². The molecule has 0 saturated heterocycles. The van der Waals surface area contributed by atoms with Gasteiger partial charge in [-0.15, -0.1) is 11.3 Å². The van der Waals surface area contributed by atoms with Gasteiger partial charge in [-0.2, -0.15) is 0 Å². The van der Waals surface area contributed by atoms with Gasteiger partial charge in [0.1, 0.15) is 0 Å². The molecule has 0 unspecified atom stereocenters. The fourth-order valence-corrected chi connectivity index (χ4v) is 2.33. The molecular formula is C12H18OS. The van der Waals surface area contributed by atoms with Gasteiger partial charge in [0.2, 0.25) is 0 Å². The van der Waals surface area contributed by atoms with Gasteiger partial charge in [-0.3, -0.25) is 4.79 Å². The summed E-state index contributed by atoms with van der Waals surface area (Å²) >= 11 is 1.57. The predicted octanol–water partition coefficient (Wildman–Crippen LogP) is 4.03. The van der Waals surface area contributed by atoms with E-state index in [0.29, 0.717) is 6.42 Å². The second-order valence-electron chi connectivity index (χ2n) is 4.62. The molecule has 0 aromatic carbocycles. The van der Waals surface area contributed by atoms with Gasteiger partial charge in [0.25, 0.3) is 0 Å². The van der Waals surface area contributed by atoms with E-state index in [1.54, 1.807) is 11.3 Å². The van der Waals surface area contributed by atoms with Gasteiger partial charge in [-0.05, 0) is 28.8 Å². The van der Waals surface area contributed by atoms with Crippen LogP contribution in [0.5, 0.6) is 0 Å². The van der Waals surface area contributed by atoms with E-state index >= 15 is 0 Å². The van der Waals surface area contributed by atoms with Gasteiger partial charge in [0, 0.05) is 6.42 Å². The molecule has 0 N–H and O–H groups in total. The number of hydrogen-bond acceptors (Lipinski definition) is 2. The standard InChI is InChI=1S/C12H18OS/c1-5-6-10(13)11-7-9(8-14-11)12(2,3)4/h7-8H,5-6H2,1-4H3. The Hall–Kier alpha value is -0.630. The van der Waals surface area contributed by atoms with Crippen molar-refractivity contribution in [3.05, 3.63) is 21.9 Å². The SMILES string of the molecule is CCCC(=O)c1cc(C(C)(C)C)cs1. The van der Waals surface area contributed by atoms with Crippen LogP contribution in [0.2, 0.25) is 0 Å². The summed E-state index contributed by atoms with van der Waals surface area (Å²) < 4.78 is 0. The largest absolute Gasteiger partial charge is 0.293 e. The molecule has 0 fully saturated rings. The fourth-order valence-electron chi connectivity index (χ4n) is 1.23. The van der Waals surface area contributed by atoms with Crippen LogP contribution in [0.4, 0.5) is 0 Å². The summed E-state index contributed by atoms with van der Waals surface area (Å²) in [7, 11) is 0. The van der Waals surface area contributed by atoms with Crippen molar-refractivity contribution < 1.29 is 4.79 Å². The lowest BCUT2D eigenvalue weighted by Crippen LogP contribution is -2.09. The number of ketones is 1. The second kappa shape index (κ2) is 4.26. The summed E-state index contributed by atoms with van der Waals surface area (Å²) in [6.07, 6.45) is 1.60. The first-order chi connectivity index (χ1) is 6.45. The first kappa shape index (κ1) is 11.4. The summed E-state index contributed by atoms with van der Waals surface area (Å²) in [5.74, 6) is 0.285. The average molecular weight is 210 g/mol. The average Bonchev–Trinajstić information content (AvgIpc) is 2.51. The zero-order valence-corrected chi connectivity index (χ0v) is 10.2. The minimum absolute atomic E-state index is 0.154. The highest BCUT2D eigenvalue weighted by Gasteiger charge is 2.17. The van der Waals surface area contributed by atoms with Gasteiger partial charge >= 0.3 is 0 Å². The van der Waals surface area contributed by atoms with Crippen LogP contribution in [0.25, 0.3) is 0 Å². The Morgan fingerprint density at radius 2 is 2.07 bits per heavy atom. The van der Waals surface area contributed by atoms with E-state index in [9.17, 15) is 4.79 Å². The van der Waals surface area contributed by atoms with E-state index in [0.717, 1.165) is 11.3 Å². The van der Waals surface area contributed by atoms with Crippen LogP contribution in [-0.4, -0.2) is 5.78 Å². The minimum atomic E-state index is 0.154. The van der Waals surface area contributed by atoms with Gasteiger partial charge in [-0.25, -0.2) is 0 Å². The molecule has 78 valence electrons. The van der Waals surface area contributed by atoms with E-state index in [1.165, 1.54) is 5.56 Å². The van der Waals surface area contributed by atoms with Crippen molar-refractivity contribution in [3.8, 4) is 0 Å². The van der Waals surface area contributed by atoms with Crippen molar-refractivity contribution in [1.82, 2.24) is 0 Å². The molecule has 1 aromatic rings. The molecule has 1 heterocycles. The Kier molecular flexibility index (Phi) is 3.48. The summed E-state index contributed by atoms with van der Waals surface area (Å²) in [4.78, 5) is 12.5. The summed E-state index contributed by atoms with van der Waals surface area (Å²) in [5.41, 5.74) is 1.42. The van der Waals surface area contributed by atoms with Crippen LogP contribution in [0, 0.1) is 0 Å². The number of thiophene rings is 1. The van der Waals surface area contributed by atoms with Crippen LogP contribution in [0.1, 0.15) is 55.8 Å². The molecule has 0 radical (unpaired) electrons. The zero-order chi connectivity index (χ0) is 10.8. The maximum Gasteiger partial charge on any atom is 0.172 e. The van der Waals surface area contributed by atoms with E-state index in [-0.39, 0.29) is 11.2 Å². The van der Waals surface area contributed by atoms with Gasteiger partial charge in [0.15, 0.2) is 5.78 Å². The Balaban J connectivity index is 2.83. The molecule has 0 amide bonds. The fraction of sp³-hybridized carbons (Fsp3) is 0.583. The molecule has 2 heteroatoms. The third-order valence-corrected chi connectivity index (χ3v) is 3.19. The Bertz CT molecular complexity index is 317. The second-order valence-corrected chi connectivity index (χ2v) is 5.53. The molecule has 0 bridgehead atoms. The topological polar surface area (TPSA) is 17.1 Å². The molecule has 0 aliphatic carbocycles. The van der Waals surface area contributed by atoms with Crippen LogP contribution in [0.3, 0.4) is 0 Å². The summed E-state index contributed by atoms with van der Waals surface area (Å²) in [5, 5.41) is 2.10. The molecule has 0 atom stereocenters. The van der Waals surface area contributed by atoms with Crippen molar-refractivity contribution in [1.29, 1.82) is 0 Å². The maximum absolute atomic E-state index is 11.6. The molecule has 0 saturated carbocycles. The van der Waals surface area contributed by atoms with Crippen LogP contribution >= 0.6 is 11.3 Å². The molecule has 1 aromatic heterocycles. The molecule has 0 aliphatic heterocycles. The third-order valence-electron chi connectivity index (χ3n) is 2.22. The highest BCUT2D eigenvalue weighted by atomic mass is 32.1. The minimum Gasteiger partial charge on any atom is -0.293 e. The molecular weight excluding hydrogens is 192 g/mol. The van der Waals surface area contributed by atoms with E-state index in [1.807, 2.05) is 13.0 Å². The molecule has 0 aliphatic rings. The van der Waals surface area contributed by atoms with Crippen molar-refractivity contribution in [2.75, 3.05) is 0 Å². The van der Waals surface area contributed by atoms with Gasteiger partial charge < -0.3 is 0 Å². The Morgan fingerprint density at radius 3 is 2.50 bits per heavy atom. The lowest BCUT2D eigenvalue weighted by atomic mass is 9.89. The smallest absolute Gasteiger partial charge is 0.172 e.